The van der Waals surface area contributed by atoms with E-state index in [1.54, 1.807) is 11.0 Å². The molecule has 2 N–H and O–H groups in total. The number of rotatable bonds is 4. The lowest BCUT2D eigenvalue weighted by Crippen LogP contribution is -2.37. The number of carbonyl (C=O) groups is 1. The Kier molecular flexibility index (Phi) is 5.20. The highest BCUT2D eigenvalue weighted by Gasteiger charge is 2.25. The number of aliphatic imine (C=N–C) groups is 1. The molecular formula is C18H19N5O5S2. The molecule has 3 aliphatic rings. The van der Waals surface area contributed by atoms with Gasteiger partial charge in [0.05, 0.1) is 16.2 Å². The Balaban J connectivity index is 1.49. The Bertz CT molecular complexity index is 1230. The fourth-order valence-electron chi connectivity index (χ4n) is 3.12. The van der Waals surface area contributed by atoms with Crippen LogP contribution in [-0.2, 0) is 24.8 Å². The molecule has 0 fully saturated rings. The van der Waals surface area contributed by atoms with Crippen LogP contribution in [0, 0.1) is 0 Å². The minimum atomic E-state index is -3.80. The average Bonchev–Trinajstić information content (AvgIpc) is 3.19. The van der Waals surface area contributed by atoms with Crippen molar-refractivity contribution < 1.29 is 21.6 Å². The van der Waals surface area contributed by atoms with Crippen molar-refractivity contribution in [2.24, 2.45) is 9.39 Å². The van der Waals surface area contributed by atoms with Crippen molar-refractivity contribution in [1.29, 1.82) is 0 Å². The molecule has 0 unspecified atom stereocenters. The summed E-state index contributed by atoms with van der Waals surface area (Å²) in [5, 5.41) is 2.66. The highest BCUT2D eigenvalue weighted by atomic mass is 32.2. The summed E-state index contributed by atoms with van der Waals surface area (Å²) in [5.41, 5.74) is 0.603. The number of amides is 1. The minimum Gasteiger partial charge on any atom is -0.330 e. The molecule has 10 nitrogen and oxygen atoms in total. The quantitative estimate of drug-likeness (QED) is 0.690. The number of nitrogens with zero attached hydrogens (tertiary/aromatic N) is 3. The van der Waals surface area contributed by atoms with Gasteiger partial charge in [-0.1, -0.05) is 6.07 Å². The summed E-state index contributed by atoms with van der Waals surface area (Å²) in [6.45, 7) is 0.803. The minimum absolute atomic E-state index is 0.0127. The fraction of sp³-hybridized carbons (Fsp3) is 0.278. The summed E-state index contributed by atoms with van der Waals surface area (Å²) in [7, 11) is -7.27. The van der Waals surface area contributed by atoms with Crippen molar-refractivity contribution in [2.75, 3.05) is 24.2 Å². The molecule has 4 rings (SSSR count). The van der Waals surface area contributed by atoms with Crippen LogP contribution in [0.1, 0.15) is 12.8 Å². The maximum atomic E-state index is 12.6. The fourth-order valence-corrected chi connectivity index (χ4v) is 5.22. The number of nitrogens with one attached hydrogen (secondary N) is 2. The predicted molar refractivity (Wildman–Crippen MR) is 112 cm³/mol. The van der Waals surface area contributed by atoms with Gasteiger partial charge in [-0.3, -0.25) is 14.5 Å². The number of benzene rings is 1. The van der Waals surface area contributed by atoms with E-state index in [0.717, 1.165) is 6.42 Å². The average molecular weight is 450 g/mol. The predicted octanol–water partition coefficient (Wildman–Crippen LogP) is 0.593. The summed E-state index contributed by atoms with van der Waals surface area (Å²) in [6.07, 6.45) is 5.83. The Labute approximate surface area is 174 Å². The van der Waals surface area contributed by atoms with Crippen LogP contribution in [0.3, 0.4) is 0 Å². The first-order valence-corrected chi connectivity index (χ1v) is 12.3. The second-order valence-corrected chi connectivity index (χ2v) is 10.3. The molecule has 12 heteroatoms. The second-order valence-electron chi connectivity index (χ2n) is 6.87. The van der Waals surface area contributed by atoms with Gasteiger partial charge in [-0.2, -0.15) is 0 Å². The molecule has 1 aromatic carbocycles. The van der Waals surface area contributed by atoms with Gasteiger partial charge in [0, 0.05) is 31.4 Å². The number of fused-ring (bicyclic) bond motifs is 1. The second kappa shape index (κ2) is 7.69. The lowest BCUT2D eigenvalue weighted by Gasteiger charge is -2.26. The maximum absolute atomic E-state index is 12.6. The maximum Gasteiger partial charge on any atom is 0.262 e. The van der Waals surface area contributed by atoms with E-state index < -0.39 is 26.0 Å². The molecule has 3 heterocycles. The number of hydrogen-bond donors (Lipinski definition) is 2. The van der Waals surface area contributed by atoms with Crippen molar-refractivity contribution in [1.82, 2.24) is 9.62 Å². The summed E-state index contributed by atoms with van der Waals surface area (Å²) in [6, 6.07) is 5.91. The van der Waals surface area contributed by atoms with Crippen LogP contribution in [0.5, 0.6) is 0 Å². The van der Waals surface area contributed by atoms with Crippen molar-refractivity contribution in [3.8, 4) is 0 Å². The molecule has 0 aliphatic carbocycles. The van der Waals surface area contributed by atoms with E-state index in [4.69, 9.17) is 0 Å². The van der Waals surface area contributed by atoms with Crippen LogP contribution in [0.4, 0.5) is 5.69 Å². The molecule has 0 saturated heterocycles. The lowest BCUT2D eigenvalue weighted by atomic mass is 10.1. The van der Waals surface area contributed by atoms with Gasteiger partial charge in [0.25, 0.3) is 26.0 Å². The molecule has 3 aliphatic heterocycles. The monoisotopic (exact) mass is 449 g/mol. The van der Waals surface area contributed by atoms with Crippen LogP contribution in [0.15, 0.2) is 62.5 Å². The molecule has 0 bridgehead atoms. The molecule has 30 heavy (non-hydrogen) atoms. The summed E-state index contributed by atoms with van der Waals surface area (Å²) in [5.74, 6) is 0.102. The first-order valence-electron chi connectivity index (χ1n) is 9.19. The summed E-state index contributed by atoms with van der Waals surface area (Å²) < 4.78 is 54.4. The Morgan fingerprint density at radius 3 is 2.80 bits per heavy atom. The van der Waals surface area contributed by atoms with Gasteiger partial charge < -0.3 is 10.2 Å². The third-order valence-corrected chi connectivity index (χ3v) is 7.16. The molecule has 158 valence electrons. The van der Waals surface area contributed by atoms with Crippen molar-refractivity contribution in [2.45, 2.75) is 17.7 Å². The van der Waals surface area contributed by atoms with Gasteiger partial charge >= 0.3 is 0 Å². The van der Waals surface area contributed by atoms with Crippen LogP contribution in [0.2, 0.25) is 0 Å². The molecule has 0 aromatic heterocycles. The topological polar surface area (TPSA) is 137 Å². The van der Waals surface area contributed by atoms with Gasteiger partial charge in [-0.25, -0.2) is 16.8 Å². The molecule has 1 aromatic rings. The van der Waals surface area contributed by atoms with Crippen LogP contribution >= 0.6 is 0 Å². The van der Waals surface area contributed by atoms with Crippen LogP contribution < -0.4 is 10.0 Å². The Hall–Kier alpha value is -2.99. The third-order valence-electron chi connectivity index (χ3n) is 4.61. The number of amidine groups is 2. The molecule has 0 saturated carbocycles. The van der Waals surface area contributed by atoms with Gasteiger partial charge in [-0.05, 0) is 36.8 Å². The molecule has 0 spiro atoms. The van der Waals surface area contributed by atoms with Gasteiger partial charge in [0.1, 0.15) is 11.7 Å². The third kappa shape index (κ3) is 4.44. The molecule has 1 amide bonds. The highest BCUT2D eigenvalue weighted by Crippen LogP contribution is 2.20. The van der Waals surface area contributed by atoms with Crippen molar-refractivity contribution in [3.63, 3.8) is 0 Å². The van der Waals surface area contributed by atoms with Crippen molar-refractivity contribution >= 4 is 43.3 Å². The Morgan fingerprint density at radius 1 is 1.20 bits per heavy atom. The molecule has 0 radical (unpaired) electrons. The standard InChI is InChI=1S/C18H19N5O5S2/c24-18(13-6-7-17-22-29(25,26)10-9-23(17)12-13)20-14-3-1-4-15(11-14)30(27,28)21-16-5-2-8-19-16/h1,3-4,6-7,11-12H,2,5,8-10H2,(H,19,21)(H,20,24). The van der Waals surface area contributed by atoms with Crippen LogP contribution in [0.25, 0.3) is 0 Å². The van der Waals surface area contributed by atoms with E-state index in [2.05, 4.69) is 19.4 Å². The van der Waals surface area contributed by atoms with E-state index in [1.165, 1.54) is 36.6 Å². The SMILES string of the molecule is O=C(Nc1cccc(S(=O)(=O)NC2=NCCC2)c1)C1=CN2CCS(=O)(=O)N=C2C=C1. The highest BCUT2D eigenvalue weighted by molar-refractivity contribution is 7.90. The first kappa shape index (κ1) is 20.3. The summed E-state index contributed by atoms with van der Waals surface area (Å²) in [4.78, 5) is 18.3. The zero-order chi connectivity index (χ0) is 21.4. The number of sulfonamides is 2. The number of anilines is 1. The largest absolute Gasteiger partial charge is 0.330 e. The Morgan fingerprint density at radius 2 is 2.03 bits per heavy atom. The number of hydrogen-bond acceptors (Lipinski definition) is 7. The van der Waals surface area contributed by atoms with Gasteiger partial charge in [-0.15, -0.1) is 4.40 Å². The van der Waals surface area contributed by atoms with E-state index in [0.29, 0.717) is 30.1 Å². The number of carbonyl (C=O) groups excluding carboxylic acids is 1. The van der Waals surface area contributed by atoms with E-state index >= 15 is 0 Å². The van der Waals surface area contributed by atoms with E-state index in [-0.39, 0.29) is 23.0 Å². The van der Waals surface area contributed by atoms with E-state index in [9.17, 15) is 21.6 Å². The zero-order valence-corrected chi connectivity index (χ0v) is 17.4. The summed E-state index contributed by atoms with van der Waals surface area (Å²) >= 11 is 0. The normalized spacial score (nSPS) is 20.0. The van der Waals surface area contributed by atoms with Crippen molar-refractivity contribution in [3.05, 3.63) is 48.2 Å². The molecular weight excluding hydrogens is 430 g/mol. The van der Waals surface area contributed by atoms with E-state index in [1.807, 2.05) is 0 Å². The van der Waals surface area contributed by atoms with Crippen LogP contribution in [-0.4, -0.2) is 58.2 Å². The zero-order valence-electron chi connectivity index (χ0n) is 15.8. The first-order chi connectivity index (χ1) is 14.2. The smallest absolute Gasteiger partial charge is 0.262 e. The lowest BCUT2D eigenvalue weighted by molar-refractivity contribution is -0.112. The molecule has 0 atom stereocenters. The van der Waals surface area contributed by atoms with Gasteiger partial charge in [0.15, 0.2) is 0 Å². The van der Waals surface area contributed by atoms with Gasteiger partial charge in [0.2, 0.25) is 0 Å².